The lowest BCUT2D eigenvalue weighted by Gasteiger charge is -2.26. The fourth-order valence-electron chi connectivity index (χ4n) is 3.08. The van der Waals surface area contributed by atoms with Crippen LogP contribution >= 0.6 is 11.6 Å². The minimum Gasteiger partial charge on any atom is -0.465 e. The van der Waals surface area contributed by atoms with E-state index in [1.54, 1.807) is 36.4 Å². The second-order valence-corrected chi connectivity index (χ2v) is 6.43. The number of ether oxygens (including phenoxy) is 1. The quantitative estimate of drug-likeness (QED) is 0.682. The SMILES string of the molecule is COC(=O)c1ccc([C@@H]2C(C#N)=C(c3ccc(Cl)cc3)Nc3nnnn32)cc1. The number of methoxy groups -OCH3 is 1. The van der Waals surface area contributed by atoms with E-state index in [2.05, 4.69) is 26.9 Å². The molecule has 1 N–H and O–H groups in total. The molecule has 1 aliphatic rings. The van der Waals surface area contributed by atoms with Crippen molar-refractivity contribution in [2.24, 2.45) is 0 Å². The maximum absolute atomic E-state index is 11.7. The van der Waals surface area contributed by atoms with Gasteiger partial charge >= 0.3 is 5.97 Å². The molecule has 138 valence electrons. The molecule has 28 heavy (non-hydrogen) atoms. The van der Waals surface area contributed by atoms with Crippen molar-refractivity contribution < 1.29 is 9.53 Å². The molecule has 1 aliphatic heterocycles. The van der Waals surface area contributed by atoms with Crippen LogP contribution in [-0.2, 0) is 4.74 Å². The van der Waals surface area contributed by atoms with Crippen molar-refractivity contribution in [2.75, 3.05) is 12.4 Å². The van der Waals surface area contributed by atoms with Gasteiger partial charge in [0.15, 0.2) is 0 Å². The van der Waals surface area contributed by atoms with Crippen LogP contribution in [0.15, 0.2) is 54.1 Å². The Kier molecular flexibility index (Phi) is 4.51. The zero-order chi connectivity index (χ0) is 19.7. The summed E-state index contributed by atoms with van der Waals surface area (Å²) in [7, 11) is 1.32. The van der Waals surface area contributed by atoms with Crippen molar-refractivity contribution in [2.45, 2.75) is 6.04 Å². The highest BCUT2D eigenvalue weighted by Gasteiger charge is 2.32. The molecule has 2 heterocycles. The van der Waals surface area contributed by atoms with Crippen molar-refractivity contribution >= 4 is 29.2 Å². The lowest BCUT2D eigenvalue weighted by atomic mass is 9.93. The van der Waals surface area contributed by atoms with Crippen LogP contribution in [0.5, 0.6) is 0 Å². The van der Waals surface area contributed by atoms with Crippen molar-refractivity contribution in [1.29, 1.82) is 5.26 Å². The van der Waals surface area contributed by atoms with E-state index in [4.69, 9.17) is 16.3 Å². The molecule has 0 fully saturated rings. The average molecular weight is 393 g/mol. The summed E-state index contributed by atoms with van der Waals surface area (Å²) in [6, 6.07) is 15.7. The highest BCUT2D eigenvalue weighted by Crippen LogP contribution is 2.37. The monoisotopic (exact) mass is 392 g/mol. The number of fused-ring (bicyclic) bond motifs is 1. The molecule has 0 aliphatic carbocycles. The van der Waals surface area contributed by atoms with E-state index in [0.29, 0.717) is 27.8 Å². The zero-order valence-corrected chi connectivity index (χ0v) is 15.4. The summed E-state index contributed by atoms with van der Waals surface area (Å²) in [6.45, 7) is 0. The largest absolute Gasteiger partial charge is 0.465 e. The van der Waals surface area contributed by atoms with Gasteiger partial charge in [-0.15, -0.1) is 0 Å². The van der Waals surface area contributed by atoms with E-state index in [1.165, 1.54) is 11.8 Å². The Morgan fingerprint density at radius 1 is 1.21 bits per heavy atom. The molecule has 0 saturated heterocycles. The predicted molar refractivity (Wildman–Crippen MR) is 101 cm³/mol. The van der Waals surface area contributed by atoms with Gasteiger partial charge in [0, 0.05) is 5.02 Å². The second kappa shape index (κ2) is 7.13. The lowest BCUT2D eigenvalue weighted by Crippen LogP contribution is -2.24. The zero-order valence-electron chi connectivity index (χ0n) is 14.6. The molecule has 1 atom stereocenters. The third kappa shape index (κ3) is 2.98. The number of nitriles is 1. The summed E-state index contributed by atoms with van der Waals surface area (Å²) in [5.41, 5.74) is 2.99. The van der Waals surface area contributed by atoms with Crippen LogP contribution in [0.3, 0.4) is 0 Å². The van der Waals surface area contributed by atoms with Crippen LogP contribution < -0.4 is 5.32 Å². The van der Waals surface area contributed by atoms with Crippen LogP contribution in [0, 0.1) is 11.3 Å². The van der Waals surface area contributed by atoms with Crippen LogP contribution in [0.4, 0.5) is 5.95 Å². The van der Waals surface area contributed by atoms with E-state index in [9.17, 15) is 10.1 Å². The summed E-state index contributed by atoms with van der Waals surface area (Å²) in [5, 5.41) is 25.4. The van der Waals surface area contributed by atoms with E-state index in [-0.39, 0.29) is 0 Å². The molecule has 0 bridgehead atoms. The van der Waals surface area contributed by atoms with Gasteiger partial charge in [-0.05, 0) is 45.8 Å². The molecule has 0 amide bonds. The number of anilines is 1. The number of aromatic nitrogens is 4. The Bertz CT molecular complexity index is 1110. The molecular formula is C19H13ClN6O2. The van der Waals surface area contributed by atoms with Gasteiger partial charge in [-0.3, -0.25) is 0 Å². The Balaban J connectivity index is 1.85. The lowest BCUT2D eigenvalue weighted by molar-refractivity contribution is 0.0600. The molecule has 0 saturated carbocycles. The first kappa shape index (κ1) is 17.7. The predicted octanol–water partition coefficient (Wildman–Crippen LogP) is 3.06. The number of allylic oxidation sites excluding steroid dienone is 1. The molecule has 0 spiro atoms. The fraction of sp³-hybridized carbons (Fsp3) is 0.105. The van der Waals surface area contributed by atoms with Crippen LogP contribution in [-0.4, -0.2) is 33.3 Å². The third-order valence-corrected chi connectivity index (χ3v) is 4.67. The maximum Gasteiger partial charge on any atom is 0.337 e. The molecule has 3 aromatic rings. The summed E-state index contributed by atoms with van der Waals surface area (Å²) in [5.74, 6) is -0.0242. The van der Waals surface area contributed by atoms with Crippen LogP contribution in [0.1, 0.15) is 27.5 Å². The van der Waals surface area contributed by atoms with Crippen molar-refractivity contribution in [3.63, 3.8) is 0 Å². The number of esters is 1. The first-order valence-corrected chi connectivity index (χ1v) is 8.63. The van der Waals surface area contributed by atoms with E-state index in [0.717, 1.165) is 11.1 Å². The standard InChI is InChI=1S/C19H13ClN6O2/c1-28-18(27)13-4-2-12(3-5-13)17-15(10-21)16(11-6-8-14(20)9-7-11)22-19-23-24-25-26(17)19/h2-9,17H,1H3,(H,22,23,25)/t17-/m1/s1. The Morgan fingerprint density at radius 2 is 1.93 bits per heavy atom. The number of hydrogen-bond donors (Lipinski definition) is 1. The fourth-order valence-corrected chi connectivity index (χ4v) is 3.20. The summed E-state index contributed by atoms with van der Waals surface area (Å²) in [6.07, 6.45) is 0. The third-order valence-electron chi connectivity index (χ3n) is 4.42. The number of tetrazole rings is 1. The summed E-state index contributed by atoms with van der Waals surface area (Å²) in [4.78, 5) is 11.7. The number of hydrogen-bond acceptors (Lipinski definition) is 7. The van der Waals surface area contributed by atoms with Gasteiger partial charge in [-0.1, -0.05) is 41.0 Å². The van der Waals surface area contributed by atoms with Crippen molar-refractivity contribution in [3.05, 3.63) is 75.8 Å². The number of nitrogens with zero attached hydrogens (tertiary/aromatic N) is 5. The molecule has 8 nitrogen and oxygen atoms in total. The molecular weight excluding hydrogens is 380 g/mol. The normalized spacial score (nSPS) is 15.4. The van der Waals surface area contributed by atoms with Gasteiger partial charge in [0.2, 0.25) is 5.95 Å². The van der Waals surface area contributed by atoms with Crippen LogP contribution in [0.2, 0.25) is 5.02 Å². The molecule has 0 radical (unpaired) electrons. The van der Waals surface area contributed by atoms with Gasteiger partial charge in [-0.25, -0.2) is 4.79 Å². The Labute approximate surface area is 165 Å². The molecule has 4 rings (SSSR count). The summed E-state index contributed by atoms with van der Waals surface area (Å²) >= 11 is 5.99. The summed E-state index contributed by atoms with van der Waals surface area (Å²) < 4.78 is 6.27. The first-order valence-electron chi connectivity index (χ1n) is 8.25. The molecule has 2 aromatic carbocycles. The minimum absolute atomic E-state index is 0.408. The second-order valence-electron chi connectivity index (χ2n) is 6.00. The topological polar surface area (TPSA) is 106 Å². The van der Waals surface area contributed by atoms with E-state index >= 15 is 0 Å². The number of rotatable bonds is 3. The molecule has 1 aromatic heterocycles. The number of nitrogens with one attached hydrogen (secondary N) is 1. The maximum atomic E-state index is 11.7. The number of benzene rings is 2. The molecule has 9 heteroatoms. The van der Waals surface area contributed by atoms with Gasteiger partial charge in [-0.2, -0.15) is 9.94 Å². The average Bonchev–Trinajstić information content (AvgIpc) is 3.20. The molecule has 0 unspecified atom stereocenters. The minimum atomic E-state index is -0.548. The Hall–Kier alpha value is -3.70. The number of carbonyl (C=O) groups excluding carboxylic acids is 1. The smallest absolute Gasteiger partial charge is 0.337 e. The first-order chi connectivity index (χ1) is 13.6. The van der Waals surface area contributed by atoms with Crippen molar-refractivity contribution in [3.8, 4) is 6.07 Å². The highest BCUT2D eigenvalue weighted by atomic mass is 35.5. The van der Waals surface area contributed by atoms with Crippen LogP contribution in [0.25, 0.3) is 5.70 Å². The number of halogens is 1. The number of carbonyl (C=O) groups is 1. The van der Waals surface area contributed by atoms with Crippen molar-refractivity contribution in [1.82, 2.24) is 20.2 Å². The van der Waals surface area contributed by atoms with Gasteiger partial charge < -0.3 is 10.1 Å². The van der Waals surface area contributed by atoms with E-state index < -0.39 is 12.0 Å². The highest BCUT2D eigenvalue weighted by molar-refractivity contribution is 6.30. The van der Waals surface area contributed by atoms with Gasteiger partial charge in [0.25, 0.3) is 0 Å². The van der Waals surface area contributed by atoms with Gasteiger partial charge in [0.05, 0.1) is 30.0 Å². The van der Waals surface area contributed by atoms with Gasteiger partial charge in [0.1, 0.15) is 6.04 Å². The Morgan fingerprint density at radius 3 is 2.57 bits per heavy atom. The van der Waals surface area contributed by atoms with E-state index in [1.807, 2.05) is 12.1 Å².